The Labute approximate surface area is 144 Å². The van der Waals surface area contributed by atoms with Crippen LogP contribution in [-0.4, -0.2) is 37.4 Å². The third-order valence-corrected chi connectivity index (χ3v) is 4.08. The van der Waals surface area contributed by atoms with E-state index in [1.54, 1.807) is 31.2 Å². The molecule has 0 radical (unpaired) electrons. The van der Waals surface area contributed by atoms with Crippen LogP contribution in [0, 0.1) is 22.9 Å². The maximum atomic E-state index is 14.3. The topological polar surface area (TPSA) is 68.0 Å². The van der Waals surface area contributed by atoms with Gasteiger partial charge in [-0.3, -0.25) is 15.1 Å². The molecule has 6 nitrogen and oxygen atoms in total. The molecule has 2 aromatic carbocycles. The molecule has 0 spiro atoms. The largest absolute Gasteiger partial charge is 0.378 e. The maximum absolute atomic E-state index is 14.3. The van der Waals surface area contributed by atoms with Crippen LogP contribution in [0.3, 0.4) is 0 Å². The fourth-order valence-electron chi connectivity index (χ4n) is 2.69. The summed E-state index contributed by atoms with van der Waals surface area (Å²) in [6.07, 6.45) is 1.50. The Balaban J connectivity index is 1.79. The van der Waals surface area contributed by atoms with E-state index in [2.05, 4.69) is 4.99 Å². The quantitative estimate of drug-likeness (QED) is 0.483. The molecule has 0 amide bonds. The van der Waals surface area contributed by atoms with Crippen molar-refractivity contribution in [3.63, 3.8) is 0 Å². The SMILES string of the molecule is Cc1ccc(N=Cc2ccc(N3CCOCC3)c(F)c2)cc1[N+](=O)[O-]. The summed E-state index contributed by atoms with van der Waals surface area (Å²) < 4.78 is 19.6. The number of hydrogen-bond donors (Lipinski definition) is 0. The number of morpholine rings is 1. The molecule has 130 valence electrons. The average Bonchev–Trinajstić information content (AvgIpc) is 2.61. The first kappa shape index (κ1) is 17.0. The van der Waals surface area contributed by atoms with E-state index in [1.165, 1.54) is 18.3 Å². The van der Waals surface area contributed by atoms with Crippen molar-refractivity contribution in [3.8, 4) is 0 Å². The van der Waals surface area contributed by atoms with Gasteiger partial charge in [0.15, 0.2) is 0 Å². The standard InChI is InChI=1S/C18H18FN3O3/c1-13-2-4-15(11-18(13)22(23)24)20-12-14-3-5-17(16(19)10-14)21-6-8-25-9-7-21/h2-5,10-12H,6-9H2,1H3. The van der Waals surface area contributed by atoms with Crippen molar-refractivity contribution in [2.75, 3.05) is 31.2 Å². The van der Waals surface area contributed by atoms with Gasteiger partial charge in [0, 0.05) is 30.9 Å². The third kappa shape index (κ3) is 4.00. The highest BCUT2D eigenvalue weighted by Gasteiger charge is 2.15. The van der Waals surface area contributed by atoms with Gasteiger partial charge in [-0.05, 0) is 30.7 Å². The Morgan fingerprint density at radius 2 is 2.00 bits per heavy atom. The number of nitrogens with zero attached hydrogens (tertiary/aromatic N) is 3. The van der Waals surface area contributed by atoms with Gasteiger partial charge in [-0.25, -0.2) is 4.39 Å². The predicted octanol–water partition coefficient (Wildman–Crippen LogP) is 3.63. The third-order valence-electron chi connectivity index (χ3n) is 4.08. The number of anilines is 1. The van der Waals surface area contributed by atoms with Crippen molar-refractivity contribution in [3.05, 3.63) is 63.5 Å². The number of halogens is 1. The number of rotatable bonds is 4. The van der Waals surface area contributed by atoms with Gasteiger partial charge in [0.25, 0.3) is 5.69 Å². The monoisotopic (exact) mass is 343 g/mol. The molecule has 1 fully saturated rings. The molecule has 1 aliphatic heterocycles. The van der Waals surface area contributed by atoms with Crippen molar-refractivity contribution in [2.45, 2.75) is 6.92 Å². The zero-order chi connectivity index (χ0) is 17.8. The van der Waals surface area contributed by atoms with Crippen LogP contribution >= 0.6 is 0 Å². The lowest BCUT2D eigenvalue weighted by molar-refractivity contribution is -0.385. The van der Waals surface area contributed by atoms with E-state index in [-0.39, 0.29) is 11.5 Å². The van der Waals surface area contributed by atoms with Gasteiger partial charge in [-0.1, -0.05) is 12.1 Å². The summed E-state index contributed by atoms with van der Waals surface area (Å²) in [5, 5.41) is 11.0. The highest BCUT2D eigenvalue weighted by Crippen LogP contribution is 2.25. The van der Waals surface area contributed by atoms with E-state index in [4.69, 9.17) is 4.74 Å². The zero-order valence-electron chi connectivity index (χ0n) is 13.8. The summed E-state index contributed by atoms with van der Waals surface area (Å²) in [7, 11) is 0. The molecule has 25 heavy (non-hydrogen) atoms. The molecule has 0 N–H and O–H groups in total. The minimum Gasteiger partial charge on any atom is -0.378 e. The second-order valence-electron chi connectivity index (χ2n) is 5.80. The van der Waals surface area contributed by atoms with Crippen molar-refractivity contribution >= 4 is 23.3 Å². The van der Waals surface area contributed by atoms with Gasteiger partial charge >= 0.3 is 0 Å². The van der Waals surface area contributed by atoms with Gasteiger partial charge in [-0.2, -0.15) is 0 Å². The number of benzene rings is 2. The zero-order valence-corrected chi connectivity index (χ0v) is 13.8. The molecule has 0 unspecified atom stereocenters. The van der Waals surface area contributed by atoms with Crippen LogP contribution in [0.2, 0.25) is 0 Å². The molecule has 3 rings (SSSR count). The number of aryl methyl sites for hydroxylation is 1. The van der Waals surface area contributed by atoms with Crippen LogP contribution < -0.4 is 4.90 Å². The van der Waals surface area contributed by atoms with Crippen LogP contribution in [0.15, 0.2) is 41.4 Å². The number of ether oxygens (including phenoxy) is 1. The molecular weight excluding hydrogens is 325 g/mol. The molecule has 0 saturated carbocycles. The molecule has 1 heterocycles. The summed E-state index contributed by atoms with van der Waals surface area (Å²) in [5.74, 6) is -0.319. The van der Waals surface area contributed by atoms with Crippen LogP contribution in [0.5, 0.6) is 0 Å². The van der Waals surface area contributed by atoms with E-state index in [9.17, 15) is 14.5 Å². The molecule has 2 aromatic rings. The second kappa shape index (κ2) is 7.40. The molecule has 0 aromatic heterocycles. The minimum absolute atomic E-state index is 0.0171. The summed E-state index contributed by atoms with van der Waals surface area (Å²) in [4.78, 5) is 16.7. The van der Waals surface area contributed by atoms with Crippen LogP contribution in [0.25, 0.3) is 0 Å². The lowest BCUT2D eigenvalue weighted by Crippen LogP contribution is -2.36. The van der Waals surface area contributed by atoms with Crippen molar-refractivity contribution in [1.82, 2.24) is 0 Å². The maximum Gasteiger partial charge on any atom is 0.274 e. The highest BCUT2D eigenvalue weighted by atomic mass is 19.1. The lowest BCUT2D eigenvalue weighted by atomic mass is 10.1. The van der Waals surface area contributed by atoms with E-state index in [1.807, 2.05) is 4.90 Å². The molecule has 0 atom stereocenters. The first-order chi connectivity index (χ1) is 12.0. The number of hydrogen-bond acceptors (Lipinski definition) is 5. The summed E-state index contributed by atoms with van der Waals surface area (Å²) in [5.41, 5.74) is 2.19. The molecular formula is C18H18FN3O3. The molecule has 1 aliphatic rings. The Hall–Kier alpha value is -2.80. The number of aliphatic imine (C=N–C) groups is 1. The lowest BCUT2D eigenvalue weighted by Gasteiger charge is -2.29. The smallest absolute Gasteiger partial charge is 0.274 e. The molecule has 7 heteroatoms. The second-order valence-corrected chi connectivity index (χ2v) is 5.80. The molecule has 1 saturated heterocycles. The van der Waals surface area contributed by atoms with E-state index < -0.39 is 4.92 Å². The Bertz CT molecular complexity index is 817. The van der Waals surface area contributed by atoms with Crippen LogP contribution in [0.1, 0.15) is 11.1 Å². The summed E-state index contributed by atoms with van der Waals surface area (Å²) >= 11 is 0. The average molecular weight is 343 g/mol. The summed E-state index contributed by atoms with van der Waals surface area (Å²) in [6.45, 7) is 4.18. The number of nitro groups is 1. The first-order valence-corrected chi connectivity index (χ1v) is 7.96. The van der Waals surface area contributed by atoms with Crippen LogP contribution in [0.4, 0.5) is 21.5 Å². The fraction of sp³-hybridized carbons (Fsp3) is 0.278. The van der Waals surface area contributed by atoms with Crippen molar-refractivity contribution in [2.24, 2.45) is 4.99 Å². The van der Waals surface area contributed by atoms with E-state index in [0.717, 1.165) is 0 Å². The van der Waals surface area contributed by atoms with Crippen molar-refractivity contribution in [1.29, 1.82) is 0 Å². The Kier molecular flexibility index (Phi) is 5.04. The van der Waals surface area contributed by atoms with E-state index in [0.29, 0.717) is 48.8 Å². The van der Waals surface area contributed by atoms with Crippen LogP contribution in [-0.2, 0) is 4.74 Å². The Morgan fingerprint density at radius 3 is 2.68 bits per heavy atom. The normalized spacial score (nSPS) is 14.9. The molecule has 0 bridgehead atoms. The minimum atomic E-state index is -0.439. The predicted molar refractivity (Wildman–Crippen MR) is 94.5 cm³/mol. The van der Waals surface area contributed by atoms with Gasteiger partial charge in [-0.15, -0.1) is 0 Å². The highest BCUT2D eigenvalue weighted by molar-refractivity contribution is 5.83. The fourth-order valence-corrected chi connectivity index (χ4v) is 2.69. The van der Waals surface area contributed by atoms with Gasteiger partial charge in [0.2, 0.25) is 0 Å². The molecule has 0 aliphatic carbocycles. The number of nitro benzene ring substituents is 1. The summed E-state index contributed by atoms with van der Waals surface area (Å²) in [6, 6.07) is 9.66. The van der Waals surface area contributed by atoms with Gasteiger partial charge in [0.1, 0.15) is 5.82 Å². The van der Waals surface area contributed by atoms with Gasteiger partial charge in [0.05, 0.1) is 29.5 Å². The van der Waals surface area contributed by atoms with Gasteiger partial charge < -0.3 is 9.64 Å². The Morgan fingerprint density at radius 1 is 1.24 bits per heavy atom. The van der Waals surface area contributed by atoms with E-state index >= 15 is 0 Å². The first-order valence-electron chi connectivity index (χ1n) is 7.96. The van der Waals surface area contributed by atoms with Crippen molar-refractivity contribution < 1.29 is 14.1 Å².